The second-order valence-corrected chi connectivity index (χ2v) is 5.99. The highest BCUT2D eigenvalue weighted by atomic mass is 16.5. The highest BCUT2D eigenvalue weighted by molar-refractivity contribution is 4.98. The van der Waals surface area contributed by atoms with E-state index in [4.69, 9.17) is 4.74 Å². The van der Waals surface area contributed by atoms with Gasteiger partial charge >= 0.3 is 0 Å². The summed E-state index contributed by atoms with van der Waals surface area (Å²) in [5, 5.41) is 3.60. The predicted molar refractivity (Wildman–Crippen MR) is 66.7 cm³/mol. The fraction of sp³-hybridized carbons (Fsp3) is 1.00. The molecule has 0 radical (unpaired) electrons. The normalized spacial score (nSPS) is 39.4. The third kappa shape index (κ3) is 2.58. The van der Waals surface area contributed by atoms with E-state index in [-0.39, 0.29) is 5.54 Å². The summed E-state index contributed by atoms with van der Waals surface area (Å²) in [5.41, 5.74) is 0.267. The van der Waals surface area contributed by atoms with Gasteiger partial charge in [0, 0.05) is 37.3 Å². The zero-order chi connectivity index (χ0) is 11.8. The molecular formula is C13H26N2O. The molecule has 1 N–H and O–H groups in total. The maximum absolute atomic E-state index is 5.64. The number of hydrogen-bond donors (Lipinski definition) is 1. The van der Waals surface area contributed by atoms with Crippen molar-refractivity contribution >= 4 is 0 Å². The zero-order valence-electron chi connectivity index (χ0n) is 11.1. The number of piperazine rings is 1. The Labute approximate surface area is 99.5 Å². The molecule has 0 aromatic rings. The molecule has 1 aliphatic carbocycles. The van der Waals surface area contributed by atoms with Gasteiger partial charge in [-0.2, -0.15) is 0 Å². The summed E-state index contributed by atoms with van der Waals surface area (Å²) in [4.78, 5) is 2.67. The van der Waals surface area contributed by atoms with Gasteiger partial charge in [-0.25, -0.2) is 0 Å². The minimum Gasteiger partial charge on any atom is -0.378 e. The molecule has 0 spiro atoms. The first-order valence-corrected chi connectivity index (χ1v) is 6.64. The van der Waals surface area contributed by atoms with Gasteiger partial charge in [0.15, 0.2) is 0 Å². The lowest BCUT2D eigenvalue weighted by Crippen LogP contribution is -2.65. The third-order valence-corrected chi connectivity index (χ3v) is 3.96. The van der Waals surface area contributed by atoms with Crippen molar-refractivity contribution in [1.82, 2.24) is 10.2 Å². The topological polar surface area (TPSA) is 24.5 Å². The molecule has 1 unspecified atom stereocenters. The zero-order valence-corrected chi connectivity index (χ0v) is 11.1. The van der Waals surface area contributed by atoms with E-state index in [1.54, 1.807) is 0 Å². The minimum atomic E-state index is 0.267. The van der Waals surface area contributed by atoms with Crippen molar-refractivity contribution in [3.05, 3.63) is 0 Å². The van der Waals surface area contributed by atoms with Crippen LogP contribution < -0.4 is 5.32 Å². The molecule has 94 valence electrons. The monoisotopic (exact) mass is 226 g/mol. The van der Waals surface area contributed by atoms with Crippen molar-refractivity contribution in [2.24, 2.45) is 0 Å². The van der Waals surface area contributed by atoms with Crippen LogP contribution in [-0.4, -0.2) is 48.3 Å². The summed E-state index contributed by atoms with van der Waals surface area (Å²) < 4.78 is 5.64. The average Bonchev–Trinajstić information content (AvgIpc) is 2.15. The molecular weight excluding hydrogens is 200 g/mol. The van der Waals surface area contributed by atoms with E-state index >= 15 is 0 Å². The van der Waals surface area contributed by atoms with Crippen LogP contribution in [0.2, 0.25) is 0 Å². The van der Waals surface area contributed by atoms with Gasteiger partial charge in [0.05, 0.1) is 6.10 Å². The molecule has 3 heteroatoms. The summed E-state index contributed by atoms with van der Waals surface area (Å²) in [6.45, 7) is 12.1. The summed E-state index contributed by atoms with van der Waals surface area (Å²) in [6.07, 6.45) is 2.99. The second kappa shape index (κ2) is 4.63. The van der Waals surface area contributed by atoms with Gasteiger partial charge in [0.1, 0.15) is 0 Å². The molecule has 1 heterocycles. The van der Waals surface area contributed by atoms with Crippen LogP contribution in [0.15, 0.2) is 0 Å². The van der Waals surface area contributed by atoms with E-state index in [0.29, 0.717) is 12.1 Å². The Morgan fingerprint density at radius 3 is 2.69 bits per heavy atom. The number of nitrogens with one attached hydrogen (secondary N) is 1. The van der Waals surface area contributed by atoms with Crippen molar-refractivity contribution in [1.29, 1.82) is 0 Å². The van der Waals surface area contributed by atoms with E-state index in [1.807, 2.05) is 0 Å². The van der Waals surface area contributed by atoms with E-state index in [9.17, 15) is 0 Å². The summed E-state index contributed by atoms with van der Waals surface area (Å²) in [7, 11) is 0. The maximum atomic E-state index is 5.64. The standard InChI is InChI=1S/C13H26N2O/c1-5-16-12-6-11(7-12)15-9-13(3,4)14-8-10(15)2/h10-12,14H,5-9H2,1-4H3. The molecule has 0 bridgehead atoms. The lowest BCUT2D eigenvalue weighted by atomic mass is 9.84. The second-order valence-electron chi connectivity index (χ2n) is 5.99. The van der Waals surface area contributed by atoms with Crippen molar-refractivity contribution in [2.75, 3.05) is 19.7 Å². The van der Waals surface area contributed by atoms with E-state index in [0.717, 1.165) is 25.7 Å². The van der Waals surface area contributed by atoms with E-state index < -0.39 is 0 Å². The highest BCUT2D eigenvalue weighted by Crippen LogP contribution is 2.31. The molecule has 0 aromatic carbocycles. The molecule has 1 saturated heterocycles. The van der Waals surface area contributed by atoms with Gasteiger partial charge in [-0.3, -0.25) is 4.90 Å². The Kier molecular flexibility index (Phi) is 3.57. The van der Waals surface area contributed by atoms with Crippen LogP contribution in [0.4, 0.5) is 0 Å². The Morgan fingerprint density at radius 1 is 1.38 bits per heavy atom. The maximum Gasteiger partial charge on any atom is 0.0604 e. The molecule has 3 nitrogen and oxygen atoms in total. The number of ether oxygens (including phenoxy) is 1. The fourth-order valence-corrected chi connectivity index (χ4v) is 2.88. The number of nitrogens with zero attached hydrogens (tertiary/aromatic N) is 1. The predicted octanol–water partition coefficient (Wildman–Crippen LogP) is 1.63. The number of rotatable bonds is 3. The minimum absolute atomic E-state index is 0.267. The molecule has 1 atom stereocenters. The van der Waals surface area contributed by atoms with Crippen LogP contribution in [0.1, 0.15) is 40.5 Å². The summed E-state index contributed by atoms with van der Waals surface area (Å²) >= 11 is 0. The van der Waals surface area contributed by atoms with Crippen LogP contribution in [0.25, 0.3) is 0 Å². The average molecular weight is 226 g/mol. The first kappa shape index (κ1) is 12.3. The SMILES string of the molecule is CCOC1CC(N2CC(C)(C)NCC2C)C1. The van der Waals surface area contributed by atoms with E-state index in [2.05, 4.69) is 37.9 Å². The Balaban J connectivity index is 1.85. The quantitative estimate of drug-likeness (QED) is 0.791. The van der Waals surface area contributed by atoms with Crippen LogP contribution >= 0.6 is 0 Å². The third-order valence-electron chi connectivity index (χ3n) is 3.96. The smallest absolute Gasteiger partial charge is 0.0604 e. The van der Waals surface area contributed by atoms with Crippen LogP contribution in [-0.2, 0) is 4.74 Å². The van der Waals surface area contributed by atoms with Crippen molar-refractivity contribution in [2.45, 2.75) is 64.3 Å². The molecule has 0 amide bonds. The van der Waals surface area contributed by atoms with E-state index in [1.165, 1.54) is 12.8 Å². The first-order valence-electron chi connectivity index (χ1n) is 6.64. The van der Waals surface area contributed by atoms with Gasteiger partial charge in [0.25, 0.3) is 0 Å². The van der Waals surface area contributed by atoms with Crippen molar-refractivity contribution in [3.63, 3.8) is 0 Å². The van der Waals surface area contributed by atoms with Gasteiger partial charge in [-0.05, 0) is 40.5 Å². The Hall–Kier alpha value is -0.120. The highest BCUT2D eigenvalue weighted by Gasteiger charge is 2.40. The van der Waals surface area contributed by atoms with Gasteiger partial charge in [-0.15, -0.1) is 0 Å². The van der Waals surface area contributed by atoms with Crippen LogP contribution in [0.5, 0.6) is 0 Å². The van der Waals surface area contributed by atoms with Gasteiger partial charge in [0.2, 0.25) is 0 Å². The Morgan fingerprint density at radius 2 is 2.06 bits per heavy atom. The molecule has 1 aliphatic heterocycles. The van der Waals surface area contributed by atoms with Gasteiger partial charge < -0.3 is 10.1 Å². The first-order chi connectivity index (χ1) is 7.52. The Bertz CT molecular complexity index is 236. The summed E-state index contributed by atoms with van der Waals surface area (Å²) in [5.74, 6) is 0. The molecule has 16 heavy (non-hydrogen) atoms. The molecule has 0 aromatic heterocycles. The summed E-state index contributed by atoms with van der Waals surface area (Å²) in [6, 6.07) is 1.42. The van der Waals surface area contributed by atoms with Gasteiger partial charge in [-0.1, -0.05) is 0 Å². The van der Waals surface area contributed by atoms with Crippen molar-refractivity contribution < 1.29 is 4.74 Å². The molecule has 1 saturated carbocycles. The van der Waals surface area contributed by atoms with Crippen LogP contribution in [0.3, 0.4) is 0 Å². The largest absolute Gasteiger partial charge is 0.378 e. The molecule has 2 aliphatic rings. The number of hydrogen-bond acceptors (Lipinski definition) is 3. The van der Waals surface area contributed by atoms with Crippen molar-refractivity contribution in [3.8, 4) is 0 Å². The fourth-order valence-electron chi connectivity index (χ4n) is 2.88. The lowest BCUT2D eigenvalue weighted by molar-refractivity contribution is -0.0698. The van der Waals surface area contributed by atoms with Crippen LogP contribution in [0, 0.1) is 0 Å². The molecule has 2 fully saturated rings. The lowest BCUT2D eigenvalue weighted by Gasteiger charge is -2.51. The molecule has 2 rings (SSSR count).